The highest BCUT2D eigenvalue weighted by atomic mass is 35.5. The molecule has 3 rings (SSSR count). The van der Waals surface area contributed by atoms with Gasteiger partial charge in [-0.15, -0.1) is 0 Å². The zero-order chi connectivity index (χ0) is 15.5. The standard InChI is InChI=1S/C17H18ClNO2S/c1-21-16-3-2-14(18)10-15(16)17(20)19-7-4-12(5-8-19)13-6-9-22-11-13/h2-3,6,9-12H,4-5,7-8H2,1H3. The normalized spacial score (nSPS) is 15.8. The van der Waals surface area contributed by atoms with Gasteiger partial charge in [0.25, 0.3) is 5.91 Å². The van der Waals surface area contributed by atoms with Crippen molar-refractivity contribution in [2.45, 2.75) is 18.8 Å². The van der Waals surface area contributed by atoms with Crippen molar-refractivity contribution in [1.82, 2.24) is 4.90 Å². The number of benzene rings is 1. The minimum atomic E-state index is 0.00289. The highest BCUT2D eigenvalue weighted by Crippen LogP contribution is 2.31. The van der Waals surface area contributed by atoms with Crippen LogP contribution in [0.25, 0.3) is 0 Å². The van der Waals surface area contributed by atoms with Crippen molar-refractivity contribution in [3.8, 4) is 5.75 Å². The summed E-state index contributed by atoms with van der Waals surface area (Å²) < 4.78 is 5.29. The predicted molar refractivity (Wildman–Crippen MR) is 90.2 cm³/mol. The maximum atomic E-state index is 12.7. The summed E-state index contributed by atoms with van der Waals surface area (Å²) in [6, 6.07) is 7.36. The molecule has 1 saturated heterocycles. The highest BCUT2D eigenvalue weighted by molar-refractivity contribution is 7.07. The van der Waals surface area contributed by atoms with Gasteiger partial charge in [-0.05, 0) is 59.3 Å². The van der Waals surface area contributed by atoms with E-state index in [9.17, 15) is 4.79 Å². The van der Waals surface area contributed by atoms with Crippen LogP contribution in [0.3, 0.4) is 0 Å². The molecule has 1 aliphatic rings. The number of carbonyl (C=O) groups excluding carboxylic acids is 1. The minimum absolute atomic E-state index is 0.00289. The molecule has 0 spiro atoms. The van der Waals surface area contributed by atoms with Gasteiger partial charge in [-0.3, -0.25) is 4.79 Å². The maximum absolute atomic E-state index is 12.7. The fourth-order valence-corrected chi connectivity index (χ4v) is 3.86. The van der Waals surface area contributed by atoms with Crippen LogP contribution in [0, 0.1) is 0 Å². The molecular weight excluding hydrogens is 318 g/mol. The van der Waals surface area contributed by atoms with Gasteiger partial charge in [0.1, 0.15) is 5.75 Å². The van der Waals surface area contributed by atoms with Crippen LogP contribution in [0.4, 0.5) is 0 Å². The highest BCUT2D eigenvalue weighted by Gasteiger charge is 2.26. The van der Waals surface area contributed by atoms with E-state index in [-0.39, 0.29) is 5.91 Å². The average Bonchev–Trinajstić information content (AvgIpc) is 3.09. The number of ether oxygens (including phenoxy) is 1. The average molecular weight is 336 g/mol. The van der Waals surface area contributed by atoms with Crippen molar-refractivity contribution in [1.29, 1.82) is 0 Å². The van der Waals surface area contributed by atoms with E-state index in [0.717, 1.165) is 25.9 Å². The van der Waals surface area contributed by atoms with Crippen molar-refractivity contribution in [3.05, 3.63) is 51.2 Å². The first-order chi connectivity index (χ1) is 10.7. The molecule has 1 aromatic heterocycles. The Morgan fingerprint density at radius 3 is 2.73 bits per heavy atom. The van der Waals surface area contributed by atoms with Crippen molar-refractivity contribution < 1.29 is 9.53 Å². The van der Waals surface area contributed by atoms with Gasteiger partial charge in [0, 0.05) is 18.1 Å². The summed E-state index contributed by atoms with van der Waals surface area (Å²) in [6.07, 6.45) is 2.01. The molecule has 5 heteroatoms. The lowest BCUT2D eigenvalue weighted by Gasteiger charge is -2.32. The van der Waals surface area contributed by atoms with Crippen LogP contribution in [0.5, 0.6) is 5.75 Å². The summed E-state index contributed by atoms with van der Waals surface area (Å²) in [5, 5.41) is 4.88. The van der Waals surface area contributed by atoms with E-state index < -0.39 is 0 Å². The number of amides is 1. The van der Waals surface area contributed by atoms with Gasteiger partial charge in [0.05, 0.1) is 12.7 Å². The smallest absolute Gasteiger partial charge is 0.257 e. The third-order valence-electron chi connectivity index (χ3n) is 4.19. The molecule has 0 radical (unpaired) electrons. The van der Waals surface area contributed by atoms with Crippen LogP contribution in [-0.4, -0.2) is 31.0 Å². The number of hydrogen-bond donors (Lipinski definition) is 0. The summed E-state index contributed by atoms with van der Waals surface area (Å²) in [6.45, 7) is 1.55. The molecule has 0 bridgehead atoms. The molecule has 1 aliphatic heterocycles. The van der Waals surface area contributed by atoms with Crippen LogP contribution in [0.2, 0.25) is 5.02 Å². The number of thiophene rings is 1. The van der Waals surface area contributed by atoms with Crippen LogP contribution < -0.4 is 4.74 Å². The summed E-state index contributed by atoms with van der Waals surface area (Å²) in [7, 11) is 1.57. The van der Waals surface area contributed by atoms with Crippen molar-refractivity contribution in [2.75, 3.05) is 20.2 Å². The van der Waals surface area contributed by atoms with Crippen molar-refractivity contribution >= 4 is 28.8 Å². The molecule has 2 aromatic rings. The van der Waals surface area contributed by atoms with E-state index in [1.807, 2.05) is 4.90 Å². The Morgan fingerprint density at radius 1 is 1.32 bits per heavy atom. The number of hydrogen-bond acceptors (Lipinski definition) is 3. The number of piperidine rings is 1. The SMILES string of the molecule is COc1ccc(Cl)cc1C(=O)N1CCC(c2ccsc2)CC1. The Bertz CT molecular complexity index is 649. The Labute approximate surface area is 139 Å². The second-order valence-electron chi connectivity index (χ2n) is 5.47. The number of carbonyl (C=O) groups is 1. The third kappa shape index (κ3) is 3.13. The largest absolute Gasteiger partial charge is 0.496 e. The van der Waals surface area contributed by atoms with E-state index in [4.69, 9.17) is 16.3 Å². The molecule has 0 N–H and O–H groups in total. The van der Waals surface area contributed by atoms with Gasteiger partial charge < -0.3 is 9.64 Å². The molecule has 1 fully saturated rings. The van der Waals surface area contributed by atoms with Crippen molar-refractivity contribution in [3.63, 3.8) is 0 Å². The minimum Gasteiger partial charge on any atom is -0.496 e. The number of methoxy groups -OCH3 is 1. The predicted octanol–water partition coefficient (Wildman–Crippen LogP) is 4.43. The Hall–Kier alpha value is -1.52. The molecule has 3 nitrogen and oxygen atoms in total. The lowest BCUT2D eigenvalue weighted by atomic mass is 9.91. The molecule has 116 valence electrons. The molecule has 1 aromatic carbocycles. The fourth-order valence-electron chi connectivity index (χ4n) is 2.94. The third-order valence-corrected chi connectivity index (χ3v) is 5.13. The second-order valence-corrected chi connectivity index (χ2v) is 6.68. The first kappa shape index (κ1) is 15.4. The molecule has 0 unspecified atom stereocenters. The maximum Gasteiger partial charge on any atom is 0.257 e. The number of rotatable bonds is 3. The van der Waals surface area contributed by atoms with E-state index in [1.165, 1.54) is 5.56 Å². The monoisotopic (exact) mass is 335 g/mol. The lowest BCUT2D eigenvalue weighted by Crippen LogP contribution is -2.38. The number of halogens is 1. The van der Waals surface area contributed by atoms with Gasteiger partial charge in [0.15, 0.2) is 0 Å². The van der Waals surface area contributed by atoms with Crippen LogP contribution in [-0.2, 0) is 0 Å². The van der Waals surface area contributed by atoms with Crippen LogP contribution >= 0.6 is 22.9 Å². The Balaban J connectivity index is 1.71. The molecule has 0 atom stereocenters. The molecular formula is C17H18ClNO2S. The molecule has 2 heterocycles. The summed E-state index contributed by atoms with van der Waals surface area (Å²) >= 11 is 7.75. The lowest BCUT2D eigenvalue weighted by molar-refractivity contribution is 0.0709. The molecule has 22 heavy (non-hydrogen) atoms. The zero-order valence-corrected chi connectivity index (χ0v) is 14.0. The topological polar surface area (TPSA) is 29.5 Å². The number of likely N-dealkylation sites (tertiary alicyclic amines) is 1. The van der Waals surface area contributed by atoms with E-state index in [2.05, 4.69) is 16.8 Å². The first-order valence-corrected chi connectivity index (χ1v) is 8.66. The first-order valence-electron chi connectivity index (χ1n) is 7.34. The number of nitrogens with zero attached hydrogens (tertiary/aromatic N) is 1. The fraction of sp³-hybridized carbons (Fsp3) is 0.353. The zero-order valence-electron chi connectivity index (χ0n) is 12.4. The molecule has 1 amide bonds. The van der Waals surface area contributed by atoms with Gasteiger partial charge in [0.2, 0.25) is 0 Å². The molecule has 0 aliphatic carbocycles. The second kappa shape index (κ2) is 6.71. The van der Waals surface area contributed by atoms with Crippen LogP contribution in [0.15, 0.2) is 35.0 Å². The Kier molecular flexibility index (Phi) is 4.69. The van der Waals surface area contributed by atoms with Crippen LogP contribution in [0.1, 0.15) is 34.7 Å². The van der Waals surface area contributed by atoms with Gasteiger partial charge >= 0.3 is 0 Å². The van der Waals surface area contributed by atoms with Gasteiger partial charge in [-0.25, -0.2) is 0 Å². The molecule has 0 saturated carbocycles. The van der Waals surface area contributed by atoms with E-state index in [1.54, 1.807) is 36.6 Å². The summed E-state index contributed by atoms with van der Waals surface area (Å²) in [5.41, 5.74) is 1.95. The van der Waals surface area contributed by atoms with E-state index in [0.29, 0.717) is 22.3 Å². The summed E-state index contributed by atoms with van der Waals surface area (Å²) in [4.78, 5) is 14.6. The summed E-state index contributed by atoms with van der Waals surface area (Å²) in [5.74, 6) is 1.15. The quantitative estimate of drug-likeness (QED) is 0.830. The van der Waals surface area contributed by atoms with Crippen molar-refractivity contribution in [2.24, 2.45) is 0 Å². The van der Waals surface area contributed by atoms with Gasteiger partial charge in [-0.2, -0.15) is 11.3 Å². The van der Waals surface area contributed by atoms with Gasteiger partial charge in [-0.1, -0.05) is 11.6 Å². The van der Waals surface area contributed by atoms with E-state index >= 15 is 0 Å². The Morgan fingerprint density at radius 2 is 2.09 bits per heavy atom.